The van der Waals surface area contributed by atoms with Crippen LogP contribution in [0.1, 0.15) is 37.7 Å². The Morgan fingerprint density at radius 2 is 1.70 bits per heavy atom. The van der Waals surface area contributed by atoms with Crippen LogP contribution in [-0.2, 0) is 22.6 Å². The van der Waals surface area contributed by atoms with Gasteiger partial charge in [0.2, 0.25) is 0 Å². The van der Waals surface area contributed by atoms with Gasteiger partial charge in [-0.25, -0.2) is 0 Å². The van der Waals surface area contributed by atoms with Crippen LogP contribution < -0.4 is 10.1 Å². The van der Waals surface area contributed by atoms with Crippen LogP contribution in [0.4, 0.5) is 5.69 Å². The van der Waals surface area contributed by atoms with Crippen LogP contribution in [-0.4, -0.2) is 23.3 Å². The highest BCUT2D eigenvalue weighted by molar-refractivity contribution is 6.36. The number of carbonyl (C=O) groups is 2. The smallest absolute Gasteiger partial charge is 0.278 e. The number of benzene rings is 2. The van der Waals surface area contributed by atoms with Gasteiger partial charge in [0, 0.05) is 5.69 Å². The number of nitrogens with zero attached hydrogens (tertiary/aromatic N) is 1. The second-order valence-corrected chi connectivity index (χ2v) is 8.43. The lowest BCUT2D eigenvalue weighted by Gasteiger charge is -2.13. The zero-order valence-corrected chi connectivity index (χ0v) is 19.1. The number of hydrogen-bond acceptors (Lipinski definition) is 5. The number of amides is 2. The van der Waals surface area contributed by atoms with Gasteiger partial charge in [-0.3, -0.25) is 14.5 Å². The third-order valence-corrected chi connectivity index (χ3v) is 5.42. The highest BCUT2D eigenvalue weighted by Gasteiger charge is 2.39. The van der Waals surface area contributed by atoms with Crippen molar-refractivity contribution in [2.45, 2.75) is 33.7 Å². The molecule has 0 fully saturated rings. The molecule has 1 aromatic heterocycles. The normalized spacial score (nSPS) is 13.9. The average molecular weight is 445 g/mol. The molecule has 0 saturated carbocycles. The largest absolute Gasteiger partial charge is 0.493 e. The lowest BCUT2D eigenvalue weighted by atomic mass is 10.0. The Balaban J connectivity index is 1.66. The number of nitrogens with one attached hydrogen (secondary N) is 1. The molecule has 0 atom stereocenters. The first-order valence-electron chi connectivity index (χ1n) is 11.2. The number of ether oxygens (including phenoxy) is 1. The fraction of sp³-hybridized carbons (Fsp3) is 0.259. The molecule has 0 radical (unpaired) electrons. The third-order valence-electron chi connectivity index (χ3n) is 5.42. The van der Waals surface area contributed by atoms with Crippen molar-refractivity contribution in [2.75, 3.05) is 11.9 Å². The van der Waals surface area contributed by atoms with Crippen molar-refractivity contribution in [2.24, 2.45) is 5.92 Å². The third kappa shape index (κ3) is 5.00. The van der Waals surface area contributed by atoms with Crippen LogP contribution in [0.15, 0.2) is 77.0 Å². The van der Waals surface area contributed by atoms with Gasteiger partial charge in [-0.1, -0.05) is 45.0 Å². The Bertz CT molecular complexity index is 1140. The summed E-state index contributed by atoms with van der Waals surface area (Å²) in [6, 6.07) is 18.6. The highest BCUT2D eigenvalue weighted by atomic mass is 16.5. The minimum Gasteiger partial charge on any atom is -0.493 e. The average Bonchev–Trinajstić information content (AvgIpc) is 3.41. The SMILES string of the molecule is CCc1ccc(NC2=C(c3ccc(OCC(C)C)cc3)C(=O)N(Cc3ccco3)C2=O)cc1. The Hall–Kier alpha value is -3.80. The van der Waals surface area contributed by atoms with E-state index in [0.29, 0.717) is 29.4 Å². The van der Waals surface area contributed by atoms with Crippen molar-refractivity contribution in [3.05, 3.63) is 89.5 Å². The van der Waals surface area contributed by atoms with Crippen molar-refractivity contribution >= 4 is 23.1 Å². The fourth-order valence-corrected chi connectivity index (χ4v) is 3.61. The van der Waals surface area contributed by atoms with E-state index in [-0.39, 0.29) is 24.1 Å². The molecule has 170 valence electrons. The molecular formula is C27H28N2O4. The zero-order valence-electron chi connectivity index (χ0n) is 19.1. The summed E-state index contributed by atoms with van der Waals surface area (Å²) in [4.78, 5) is 27.9. The Labute approximate surface area is 193 Å². The molecule has 0 saturated heterocycles. The molecule has 0 spiro atoms. The summed E-state index contributed by atoms with van der Waals surface area (Å²) in [5.41, 5.74) is 3.19. The molecular weight excluding hydrogens is 416 g/mol. The van der Waals surface area contributed by atoms with E-state index < -0.39 is 0 Å². The van der Waals surface area contributed by atoms with E-state index in [1.165, 1.54) is 16.7 Å². The molecule has 2 aromatic carbocycles. The van der Waals surface area contributed by atoms with Crippen molar-refractivity contribution < 1.29 is 18.7 Å². The first-order valence-corrected chi connectivity index (χ1v) is 11.2. The first kappa shape index (κ1) is 22.4. The molecule has 2 amide bonds. The van der Waals surface area contributed by atoms with Crippen LogP contribution in [0.5, 0.6) is 5.75 Å². The lowest BCUT2D eigenvalue weighted by Crippen LogP contribution is -2.31. The van der Waals surface area contributed by atoms with Crippen LogP contribution in [0.25, 0.3) is 5.57 Å². The maximum absolute atomic E-state index is 13.4. The number of imide groups is 1. The van der Waals surface area contributed by atoms with Gasteiger partial charge >= 0.3 is 0 Å². The predicted octanol–water partition coefficient (Wildman–Crippen LogP) is 5.27. The van der Waals surface area contributed by atoms with Crippen molar-refractivity contribution in [1.82, 2.24) is 4.90 Å². The summed E-state index contributed by atoms with van der Waals surface area (Å²) >= 11 is 0. The second-order valence-electron chi connectivity index (χ2n) is 8.43. The van der Waals surface area contributed by atoms with E-state index in [9.17, 15) is 9.59 Å². The standard InChI is InChI=1S/C27H28N2O4/c1-4-19-7-11-21(12-8-19)28-25-24(20-9-13-22(14-10-20)33-17-18(2)3)26(30)29(27(25)31)16-23-6-5-15-32-23/h5-15,18,28H,4,16-17H2,1-3H3. The maximum atomic E-state index is 13.4. The molecule has 6 nitrogen and oxygen atoms in total. The van der Waals surface area contributed by atoms with Crippen LogP contribution >= 0.6 is 0 Å². The van der Waals surface area contributed by atoms with E-state index in [2.05, 4.69) is 26.1 Å². The molecule has 1 aliphatic heterocycles. The molecule has 6 heteroatoms. The van der Waals surface area contributed by atoms with Crippen LogP contribution in [0, 0.1) is 5.92 Å². The molecule has 3 aromatic rings. The van der Waals surface area contributed by atoms with E-state index >= 15 is 0 Å². The minimum absolute atomic E-state index is 0.0731. The first-order chi connectivity index (χ1) is 16.0. The fourth-order valence-electron chi connectivity index (χ4n) is 3.61. The maximum Gasteiger partial charge on any atom is 0.278 e. The molecule has 2 heterocycles. The molecule has 4 rings (SSSR count). The molecule has 0 bridgehead atoms. The lowest BCUT2D eigenvalue weighted by molar-refractivity contribution is -0.137. The Morgan fingerprint density at radius 1 is 0.970 bits per heavy atom. The summed E-state index contributed by atoms with van der Waals surface area (Å²) in [5, 5.41) is 3.19. The van der Waals surface area contributed by atoms with Gasteiger partial charge in [0.05, 0.1) is 25.0 Å². The van der Waals surface area contributed by atoms with E-state index in [4.69, 9.17) is 9.15 Å². The molecule has 33 heavy (non-hydrogen) atoms. The minimum atomic E-state index is -0.383. The van der Waals surface area contributed by atoms with Gasteiger partial charge in [0.1, 0.15) is 17.2 Å². The number of hydrogen-bond donors (Lipinski definition) is 1. The Morgan fingerprint density at radius 3 is 2.30 bits per heavy atom. The summed E-state index contributed by atoms with van der Waals surface area (Å²) < 4.78 is 11.1. The summed E-state index contributed by atoms with van der Waals surface area (Å²) in [7, 11) is 0. The summed E-state index contributed by atoms with van der Waals surface area (Å²) in [5.74, 6) is 0.932. The van der Waals surface area contributed by atoms with Gasteiger partial charge in [0.15, 0.2) is 0 Å². The monoisotopic (exact) mass is 444 g/mol. The van der Waals surface area contributed by atoms with E-state index in [1.807, 2.05) is 48.5 Å². The van der Waals surface area contributed by atoms with Crippen molar-refractivity contribution in [3.63, 3.8) is 0 Å². The number of carbonyl (C=O) groups excluding carboxylic acids is 2. The molecule has 0 unspecified atom stereocenters. The highest BCUT2D eigenvalue weighted by Crippen LogP contribution is 2.32. The van der Waals surface area contributed by atoms with Crippen molar-refractivity contribution in [1.29, 1.82) is 0 Å². The van der Waals surface area contributed by atoms with Gasteiger partial charge in [-0.15, -0.1) is 0 Å². The summed E-state index contributed by atoms with van der Waals surface area (Å²) in [6.45, 7) is 6.94. The topological polar surface area (TPSA) is 71.8 Å². The number of rotatable bonds is 9. The van der Waals surface area contributed by atoms with Crippen LogP contribution in [0.3, 0.4) is 0 Å². The molecule has 1 aliphatic rings. The van der Waals surface area contributed by atoms with Gasteiger partial charge in [0.25, 0.3) is 11.8 Å². The predicted molar refractivity (Wildman–Crippen MR) is 127 cm³/mol. The van der Waals surface area contributed by atoms with Crippen molar-refractivity contribution in [3.8, 4) is 5.75 Å². The molecule has 0 aliphatic carbocycles. The molecule has 1 N–H and O–H groups in total. The van der Waals surface area contributed by atoms with Crippen LogP contribution in [0.2, 0.25) is 0 Å². The van der Waals surface area contributed by atoms with Gasteiger partial charge in [-0.05, 0) is 59.9 Å². The number of aryl methyl sites for hydroxylation is 1. The number of anilines is 1. The number of furan rings is 1. The van der Waals surface area contributed by atoms with Gasteiger partial charge < -0.3 is 14.5 Å². The quantitative estimate of drug-likeness (QED) is 0.455. The van der Waals surface area contributed by atoms with Gasteiger partial charge in [-0.2, -0.15) is 0 Å². The second kappa shape index (κ2) is 9.77. The van der Waals surface area contributed by atoms with E-state index in [1.54, 1.807) is 12.1 Å². The summed E-state index contributed by atoms with van der Waals surface area (Å²) in [6.07, 6.45) is 2.45. The Kier molecular flexibility index (Phi) is 6.63. The van der Waals surface area contributed by atoms with E-state index in [0.717, 1.165) is 17.9 Å². The zero-order chi connectivity index (χ0) is 23.4.